The molecule has 1 nitrogen and oxygen atoms in total. The summed E-state index contributed by atoms with van der Waals surface area (Å²) in [5, 5.41) is 11.7. The fourth-order valence-corrected chi connectivity index (χ4v) is 3.24. The topological polar surface area (TPSA) is 20.2 Å². The molecule has 17 heavy (non-hydrogen) atoms. The minimum absolute atomic E-state index is 0.0459. The van der Waals surface area contributed by atoms with E-state index in [-0.39, 0.29) is 5.41 Å². The van der Waals surface area contributed by atoms with E-state index >= 15 is 0 Å². The minimum Gasteiger partial charge on any atom is -0.388 e. The van der Waals surface area contributed by atoms with Gasteiger partial charge >= 0.3 is 0 Å². The van der Waals surface area contributed by atoms with Gasteiger partial charge in [-0.2, -0.15) is 0 Å². The van der Waals surface area contributed by atoms with Gasteiger partial charge in [0.05, 0.1) is 6.10 Å². The minimum atomic E-state index is -0.493. The number of aliphatic hydroxyl groups is 1. The molecule has 0 heterocycles. The smallest absolute Gasteiger partial charge is 0.0857 e. The Morgan fingerprint density at radius 1 is 1.18 bits per heavy atom. The monoisotopic (exact) mass is 272 g/mol. The van der Waals surface area contributed by atoms with E-state index in [0.29, 0.717) is 10.0 Å². The molecule has 1 aromatic carbocycles. The zero-order valence-electron chi connectivity index (χ0n) is 10.0. The van der Waals surface area contributed by atoms with Crippen LogP contribution in [0.5, 0.6) is 0 Å². The summed E-state index contributed by atoms with van der Waals surface area (Å²) >= 11 is 12.0. The molecular weight excluding hydrogens is 255 g/mol. The van der Waals surface area contributed by atoms with Crippen LogP contribution in [0.2, 0.25) is 10.0 Å². The second-order valence-corrected chi connectivity index (χ2v) is 6.13. The second kappa shape index (κ2) is 5.17. The molecule has 1 aliphatic carbocycles. The molecule has 0 amide bonds. The summed E-state index contributed by atoms with van der Waals surface area (Å²) < 4.78 is 0. The molecule has 0 spiro atoms. The van der Waals surface area contributed by atoms with Crippen molar-refractivity contribution in [1.82, 2.24) is 0 Å². The zero-order valence-corrected chi connectivity index (χ0v) is 11.6. The van der Waals surface area contributed by atoms with E-state index in [4.69, 9.17) is 23.2 Å². The van der Waals surface area contributed by atoms with Gasteiger partial charge in [0.1, 0.15) is 0 Å². The number of aliphatic hydroxyl groups excluding tert-OH is 1. The standard InChI is InChI=1S/C14H18Cl2O/c1-14(7-3-2-4-8-14)13(17)11-6-5-10(15)9-12(11)16/h5-6,9,13,17H,2-4,7-8H2,1H3. The highest BCUT2D eigenvalue weighted by Gasteiger charge is 2.36. The second-order valence-electron chi connectivity index (χ2n) is 5.28. The van der Waals surface area contributed by atoms with Gasteiger partial charge in [0, 0.05) is 10.0 Å². The number of halogens is 2. The maximum absolute atomic E-state index is 10.5. The predicted molar refractivity (Wildman–Crippen MR) is 72.6 cm³/mol. The molecule has 1 aliphatic rings. The van der Waals surface area contributed by atoms with Crippen molar-refractivity contribution < 1.29 is 5.11 Å². The fraction of sp³-hybridized carbons (Fsp3) is 0.571. The number of benzene rings is 1. The highest BCUT2D eigenvalue weighted by atomic mass is 35.5. The largest absolute Gasteiger partial charge is 0.388 e. The van der Waals surface area contributed by atoms with Crippen LogP contribution in [-0.4, -0.2) is 5.11 Å². The number of rotatable bonds is 2. The highest BCUT2D eigenvalue weighted by Crippen LogP contribution is 2.47. The van der Waals surface area contributed by atoms with E-state index in [1.165, 1.54) is 19.3 Å². The van der Waals surface area contributed by atoms with E-state index < -0.39 is 6.10 Å². The summed E-state index contributed by atoms with van der Waals surface area (Å²) in [6.45, 7) is 2.15. The lowest BCUT2D eigenvalue weighted by atomic mass is 9.70. The van der Waals surface area contributed by atoms with Crippen molar-refractivity contribution in [3.63, 3.8) is 0 Å². The summed E-state index contributed by atoms with van der Waals surface area (Å²) in [5.41, 5.74) is 0.760. The lowest BCUT2D eigenvalue weighted by Crippen LogP contribution is -2.28. The summed E-state index contributed by atoms with van der Waals surface area (Å²) in [6.07, 6.45) is 5.29. The zero-order chi connectivity index (χ0) is 12.5. The first-order valence-corrected chi connectivity index (χ1v) is 6.91. The van der Waals surface area contributed by atoms with Crippen LogP contribution in [0.25, 0.3) is 0 Å². The summed E-state index contributed by atoms with van der Waals surface area (Å²) in [7, 11) is 0. The van der Waals surface area contributed by atoms with Crippen LogP contribution in [-0.2, 0) is 0 Å². The van der Waals surface area contributed by atoms with E-state index in [2.05, 4.69) is 6.92 Å². The van der Waals surface area contributed by atoms with Crippen molar-refractivity contribution in [2.45, 2.75) is 45.1 Å². The van der Waals surface area contributed by atoms with Crippen LogP contribution < -0.4 is 0 Å². The van der Waals surface area contributed by atoms with Crippen LogP contribution in [0.1, 0.15) is 50.7 Å². The average Bonchev–Trinajstić information content (AvgIpc) is 2.29. The number of hydrogen-bond donors (Lipinski definition) is 1. The van der Waals surface area contributed by atoms with Gasteiger partial charge in [-0.1, -0.05) is 55.5 Å². The van der Waals surface area contributed by atoms with Crippen molar-refractivity contribution in [2.75, 3.05) is 0 Å². The maximum atomic E-state index is 10.5. The SMILES string of the molecule is CC1(C(O)c2ccc(Cl)cc2Cl)CCCCC1. The Balaban J connectivity index is 2.26. The van der Waals surface area contributed by atoms with Gasteiger partial charge in [-0.25, -0.2) is 0 Å². The van der Waals surface area contributed by atoms with Crippen LogP contribution in [0.15, 0.2) is 18.2 Å². The van der Waals surface area contributed by atoms with E-state index in [9.17, 15) is 5.11 Å². The van der Waals surface area contributed by atoms with E-state index in [1.54, 1.807) is 12.1 Å². The molecule has 2 rings (SSSR count). The molecule has 0 aromatic heterocycles. The Bertz CT molecular complexity index is 397. The van der Waals surface area contributed by atoms with E-state index in [1.807, 2.05) is 6.07 Å². The summed E-state index contributed by atoms with van der Waals surface area (Å²) in [4.78, 5) is 0. The molecule has 0 aliphatic heterocycles. The third-order valence-corrected chi connectivity index (χ3v) is 4.48. The van der Waals surface area contributed by atoms with Gasteiger partial charge < -0.3 is 5.11 Å². The Labute approximate surface area is 113 Å². The summed E-state index contributed by atoms with van der Waals surface area (Å²) in [5.74, 6) is 0. The van der Waals surface area contributed by atoms with Gasteiger partial charge in [-0.15, -0.1) is 0 Å². The van der Waals surface area contributed by atoms with Gasteiger partial charge in [0.2, 0.25) is 0 Å². The third kappa shape index (κ3) is 2.78. The molecule has 94 valence electrons. The molecule has 1 unspecified atom stereocenters. The molecule has 1 fully saturated rings. The van der Waals surface area contributed by atoms with Crippen molar-refractivity contribution in [1.29, 1.82) is 0 Å². The lowest BCUT2D eigenvalue weighted by molar-refractivity contribution is 0.00826. The van der Waals surface area contributed by atoms with Gasteiger partial charge in [-0.05, 0) is 36.0 Å². The lowest BCUT2D eigenvalue weighted by Gasteiger charge is -2.38. The van der Waals surface area contributed by atoms with Crippen molar-refractivity contribution >= 4 is 23.2 Å². The quantitative estimate of drug-likeness (QED) is 0.804. The van der Waals surface area contributed by atoms with Crippen LogP contribution in [0.3, 0.4) is 0 Å². The molecule has 1 atom stereocenters. The first kappa shape index (κ1) is 13.2. The number of hydrogen-bond acceptors (Lipinski definition) is 1. The summed E-state index contributed by atoms with van der Waals surface area (Å²) in [6, 6.07) is 5.33. The molecule has 1 aromatic rings. The van der Waals surface area contributed by atoms with E-state index in [0.717, 1.165) is 18.4 Å². The Kier molecular flexibility index (Phi) is 4.02. The third-order valence-electron chi connectivity index (χ3n) is 3.91. The molecule has 0 saturated heterocycles. The van der Waals surface area contributed by atoms with Crippen molar-refractivity contribution in [3.05, 3.63) is 33.8 Å². The molecule has 0 radical (unpaired) electrons. The molecule has 1 N–H and O–H groups in total. The van der Waals surface area contributed by atoms with Gasteiger partial charge in [-0.3, -0.25) is 0 Å². The Morgan fingerprint density at radius 3 is 2.41 bits per heavy atom. The Morgan fingerprint density at radius 2 is 1.82 bits per heavy atom. The molecule has 3 heteroatoms. The highest BCUT2D eigenvalue weighted by molar-refractivity contribution is 6.35. The van der Waals surface area contributed by atoms with Crippen LogP contribution >= 0.6 is 23.2 Å². The van der Waals surface area contributed by atoms with Gasteiger partial charge in [0.15, 0.2) is 0 Å². The maximum Gasteiger partial charge on any atom is 0.0857 e. The first-order valence-electron chi connectivity index (χ1n) is 6.16. The van der Waals surface area contributed by atoms with Crippen molar-refractivity contribution in [3.8, 4) is 0 Å². The molecule has 1 saturated carbocycles. The predicted octanol–water partition coefficient (Wildman–Crippen LogP) is 5.00. The van der Waals surface area contributed by atoms with Crippen LogP contribution in [0.4, 0.5) is 0 Å². The van der Waals surface area contributed by atoms with Crippen LogP contribution in [0, 0.1) is 5.41 Å². The van der Waals surface area contributed by atoms with Crippen molar-refractivity contribution in [2.24, 2.45) is 5.41 Å². The fourth-order valence-electron chi connectivity index (χ4n) is 2.73. The average molecular weight is 273 g/mol. The normalized spacial score (nSPS) is 21.2. The molecule has 0 bridgehead atoms. The van der Waals surface area contributed by atoms with Gasteiger partial charge in [0.25, 0.3) is 0 Å². The first-order chi connectivity index (χ1) is 8.03. The Hall–Kier alpha value is -0.240. The molecular formula is C14H18Cl2O.